The third-order valence-corrected chi connectivity index (χ3v) is 3.09. The first-order chi connectivity index (χ1) is 9.39. The van der Waals surface area contributed by atoms with E-state index >= 15 is 0 Å². The van der Waals surface area contributed by atoms with Gasteiger partial charge in [-0.1, -0.05) is 6.07 Å². The van der Waals surface area contributed by atoms with Crippen molar-refractivity contribution in [3.8, 4) is 5.75 Å². The van der Waals surface area contributed by atoms with Crippen LogP contribution in [0.4, 0.5) is 10.5 Å². The Labute approximate surface area is 119 Å². The number of ether oxygens (including phenoxy) is 2. The Balaban J connectivity index is 2.09. The maximum Gasteiger partial charge on any atom is 0.412 e. The Morgan fingerprint density at radius 3 is 2.60 bits per heavy atom. The summed E-state index contributed by atoms with van der Waals surface area (Å²) in [5, 5.41) is 6.05. The van der Waals surface area contributed by atoms with E-state index in [0.29, 0.717) is 17.5 Å². The first kappa shape index (κ1) is 14.7. The standard InChI is InChI=1S/C15H22N2O3/c1-15(2,3)20-14(18)17-12-6-5-10(9-13(12)19-4)11-7-8-16-11/h5-6,9,11,16H,7-8H2,1-4H3,(H,17,18). The van der Waals surface area contributed by atoms with E-state index in [-0.39, 0.29) is 0 Å². The Morgan fingerprint density at radius 2 is 2.10 bits per heavy atom. The van der Waals surface area contributed by atoms with Gasteiger partial charge in [-0.25, -0.2) is 4.79 Å². The first-order valence-electron chi connectivity index (χ1n) is 6.80. The van der Waals surface area contributed by atoms with Gasteiger partial charge in [0.25, 0.3) is 0 Å². The molecule has 2 N–H and O–H groups in total. The van der Waals surface area contributed by atoms with Crippen molar-refractivity contribution >= 4 is 11.8 Å². The van der Waals surface area contributed by atoms with Crippen LogP contribution in [-0.4, -0.2) is 25.3 Å². The molecule has 1 atom stereocenters. The van der Waals surface area contributed by atoms with Crippen LogP contribution in [0.2, 0.25) is 0 Å². The number of carbonyl (C=O) groups excluding carboxylic acids is 1. The largest absolute Gasteiger partial charge is 0.495 e. The topological polar surface area (TPSA) is 59.6 Å². The van der Waals surface area contributed by atoms with E-state index < -0.39 is 11.7 Å². The van der Waals surface area contributed by atoms with Gasteiger partial charge in [-0.3, -0.25) is 5.32 Å². The summed E-state index contributed by atoms with van der Waals surface area (Å²) in [6.07, 6.45) is 0.646. The summed E-state index contributed by atoms with van der Waals surface area (Å²) in [7, 11) is 1.59. The quantitative estimate of drug-likeness (QED) is 0.892. The molecule has 0 bridgehead atoms. The zero-order chi connectivity index (χ0) is 14.8. The average molecular weight is 278 g/mol. The number of benzene rings is 1. The zero-order valence-electron chi connectivity index (χ0n) is 12.4. The van der Waals surface area contributed by atoms with Crippen LogP contribution >= 0.6 is 0 Å². The number of methoxy groups -OCH3 is 1. The molecular formula is C15H22N2O3. The number of anilines is 1. The molecule has 110 valence electrons. The number of hydrogen-bond acceptors (Lipinski definition) is 4. The maximum absolute atomic E-state index is 11.8. The van der Waals surface area contributed by atoms with Crippen LogP contribution < -0.4 is 15.4 Å². The molecule has 0 spiro atoms. The molecule has 5 heteroatoms. The molecule has 2 rings (SSSR count). The fraction of sp³-hybridized carbons (Fsp3) is 0.533. The Kier molecular flexibility index (Phi) is 4.18. The molecule has 1 amide bonds. The van der Waals surface area contributed by atoms with Crippen LogP contribution in [0.5, 0.6) is 5.75 Å². The predicted molar refractivity (Wildman–Crippen MR) is 78.2 cm³/mol. The fourth-order valence-corrected chi connectivity index (χ4v) is 2.01. The molecule has 1 aliphatic rings. The van der Waals surface area contributed by atoms with Crippen molar-refractivity contribution in [2.45, 2.75) is 38.8 Å². The highest BCUT2D eigenvalue weighted by Crippen LogP contribution is 2.31. The second-order valence-electron chi connectivity index (χ2n) is 5.88. The molecule has 1 heterocycles. The minimum Gasteiger partial charge on any atom is -0.495 e. The van der Waals surface area contributed by atoms with Gasteiger partial charge in [0.15, 0.2) is 0 Å². The number of carbonyl (C=O) groups is 1. The summed E-state index contributed by atoms with van der Waals surface area (Å²) in [4.78, 5) is 11.8. The molecule has 1 aromatic rings. The number of hydrogen-bond donors (Lipinski definition) is 2. The lowest BCUT2D eigenvalue weighted by Gasteiger charge is -2.28. The minimum absolute atomic E-state index is 0.388. The smallest absolute Gasteiger partial charge is 0.412 e. The van der Waals surface area contributed by atoms with Crippen molar-refractivity contribution in [3.05, 3.63) is 23.8 Å². The van der Waals surface area contributed by atoms with Gasteiger partial charge in [-0.15, -0.1) is 0 Å². The molecule has 0 aromatic heterocycles. The van der Waals surface area contributed by atoms with Gasteiger partial charge >= 0.3 is 6.09 Å². The van der Waals surface area contributed by atoms with Crippen LogP contribution in [0.3, 0.4) is 0 Å². The summed E-state index contributed by atoms with van der Waals surface area (Å²) in [5.41, 5.74) is 1.26. The number of rotatable bonds is 3. The van der Waals surface area contributed by atoms with E-state index in [1.165, 1.54) is 5.56 Å². The highest BCUT2D eigenvalue weighted by Gasteiger charge is 2.21. The second-order valence-corrected chi connectivity index (χ2v) is 5.88. The van der Waals surface area contributed by atoms with E-state index in [0.717, 1.165) is 13.0 Å². The molecule has 1 unspecified atom stereocenters. The monoisotopic (exact) mass is 278 g/mol. The lowest BCUT2D eigenvalue weighted by atomic mass is 9.97. The van der Waals surface area contributed by atoms with Crippen LogP contribution in [0, 0.1) is 0 Å². The fourth-order valence-electron chi connectivity index (χ4n) is 2.01. The third-order valence-electron chi connectivity index (χ3n) is 3.09. The summed E-state index contributed by atoms with van der Waals surface area (Å²) < 4.78 is 10.6. The van der Waals surface area contributed by atoms with Crippen molar-refractivity contribution in [2.24, 2.45) is 0 Å². The second kappa shape index (κ2) is 5.71. The lowest BCUT2D eigenvalue weighted by Crippen LogP contribution is -2.34. The van der Waals surface area contributed by atoms with Crippen molar-refractivity contribution < 1.29 is 14.3 Å². The summed E-state index contributed by atoms with van der Waals surface area (Å²) in [6, 6.07) is 6.17. The molecule has 0 radical (unpaired) electrons. The van der Waals surface area contributed by atoms with Gasteiger partial charge in [-0.2, -0.15) is 0 Å². The van der Waals surface area contributed by atoms with Crippen molar-refractivity contribution in [3.63, 3.8) is 0 Å². The van der Waals surface area contributed by atoms with Crippen LogP contribution in [0.15, 0.2) is 18.2 Å². The van der Waals surface area contributed by atoms with Crippen molar-refractivity contribution in [2.75, 3.05) is 19.0 Å². The molecular weight excluding hydrogens is 256 g/mol. The van der Waals surface area contributed by atoms with E-state index in [2.05, 4.69) is 10.6 Å². The van der Waals surface area contributed by atoms with Crippen molar-refractivity contribution in [1.29, 1.82) is 0 Å². The van der Waals surface area contributed by atoms with E-state index in [9.17, 15) is 4.79 Å². The minimum atomic E-state index is -0.521. The molecule has 1 aromatic carbocycles. The zero-order valence-corrected chi connectivity index (χ0v) is 12.4. The molecule has 1 saturated heterocycles. The van der Waals surface area contributed by atoms with Crippen LogP contribution in [0.1, 0.15) is 38.8 Å². The van der Waals surface area contributed by atoms with Crippen molar-refractivity contribution in [1.82, 2.24) is 5.32 Å². The lowest BCUT2D eigenvalue weighted by molar-refractivity contribution is 0.0635. The maximum atomic E-state index is 11.8. The predicted octanol–water partition coefficient (Wildman–Crippen LogP) is 3.08. The SMILES string of the molecule is COc1cc(C2CCN2)ccc1NC(=O)OC(C)(C)C. The third kappa shape index (κ3) is 3.63. The first-order valence-corrected chi connectivity index (χ1v) is 6.80. The molecule has 5 nitrogen and oxygen atoms in total. The van der Waals surface area contributed by atoms with E-state index in [4.69, 9.17) is 9.47 Å². The van der Waals surface area contributed by atoms with Gasteiger partial charge in [0, 0.05) is 6.04 Å². The van der Waals surface area contributed by atoms with Crippen LogP contribution in [-0.2, 0) is 4.74 Å². The number of amides is 1. The summed E-state index contributed by atoms with van der Waals surface area (Å²) >= 11 is 0. The molecule has 1 fully saturated rings. The average Bonchev–Trinajstić information content (AvgIpc) is 2.26. The Hall–Kier alpha value is -1.75. The Bertz CT molecular complexity index is 490. The number of nitrogens with one attached hydrogen (secondary N) is 2. The Morgan fingerprint density at radius 1 is 1.40 bits per heavy atom. The summed E-state index contributed by atoms with van der Waals surface area (Å²) in [6.45, 7) is 6.53. The van der Waals surface area contributed by atoms with E-state index in [1.54, 1.807) is 7.11 Å². The highest BCUT2D eigenvalue weighted by molar-refractivity contribution is 5.87. The van der Waals surface area contributed by atoms with Gasteiger partial charge < -0.3 is 14.8 Å². The normalized spacial score (nSPS) is 18.1. The highest BCUT2D eigenvalue weighted by atomic mass is 16.6. The van der Waals surface area contributed by atoms with Gasteiger partial charge in [0.05, 0.1) is 12.8 Å². The van der Waals surface area contributed by atoms with Gasteiger partial charge in [0.1, 0.15) is 11.4 Å². The van der Waals surface area contributed by atoms with Gasteiger partial charge in [0.2, 0.25) is 0 Å². The molecule has 20 heavy (non-hydrogen) atoms. The van der Waals surface area contributed by atoms with E-state index in [1.807, 2.05) is 39.0 Å². The summed E-state index contributed by atoms with van der Waals surface area (Å²) in [5.74, 6) is 0.641. The molecule has 1 aliphatic heterocycles. The van der Waals surface area contributed by atoms with Crippen LogP contribution in [0.25, 0.3) is 0 Å². The van der Waals surface area contributed by atoms with Gasteiger partial charge in [-0.05, 0) is 51.4 Å². The molecule has 0 saturated carbocycles. The molecule has 0 aliphatic carbocycles.